The van der Waals surface area contributed by atoms with E-state index in [0.717, 1.165) is 25.0 Å². The summed E-state index contributed by atoms with van der Waals surface area (Å²) in [6, 6.07) is 1.48. The molecule has 2 atom stereocenters. The van der Waals surface area contributed by atoms with E-state index in [2.05, 4.69) is 28.8 Å². The van der Waals surface area contributed by atoms with E-state index in [1.165, 1.54) is 45.8 Å². The van der Waals surface area contributed by atoms with Crippen molar-refractivity contribution in [3.63, 3.8) is 0 Å². The lowest BCUT2D eigenvalue weighted by Gasteiger charge is -2.39. The van der Waals surface area contributed by atoms with Gasteiger partial charge in [0.15, 0.2) is 0 Å². The summed E-state index contributed by atoms with van der Waals surface area (Å²) in [6.07, 6.45) is 7.15. The van der Waals surface area contributed by atoms with Crippen LogP contribution in [0.5, 0.6) is 0 Å². The van der Waals surface area contributed by atoms with E-state index in [1.807, 2.05) is 0 Å². The average Bonchev–Trinajstić information content (AvgIpc) is 2.36. The van der Waals surface area contributed by atoms with Gasteiger partial charge in [-0.3, -0.25) is 4.90 Å². The summed E-state index contributed by atoms with van der Waals surface area (Å²) in [4.78, 5) is 13.5. The highest BCUT2D eigenvalue weighted by Gasteiger charge is 2.23. The van der Waals surface area contributed by atoms with Crippen molar-refractivity contribution in [1.82, 2.24) is 10.2 Å². The Morgan fingerprint density at radius 3 is 2.50 bits per heavy atom. The van der Waals surface area contributed by atoms with Gasteiger partial charge in [-0.2, -0.15) is 0 Å². The third kappa shape index (κ3) is 5.25. The molecule has 106 valence electrons. The highest BCUT2D eigenvalue weighted by atomic mass is 16.5. The smallest absolute Gasteiger partial charge is 0.406 e. The van der Waals surface area contributed by atoms with Crippen LogP contribution < -0.4 is 5.32 Å². The van der Waals surface area contributed by atoms with Gasteiger partial charge >= 0.3 is 6.09 Å². The molecular formula is C14H28N2O2. The maximum atomic E-state index is 10.8. The number of carbonyl (C=O) groups excluding carboxylic acids is 1. The van der Waals surface area contributed by atoms with Crippen LogP contribution in [-0.4, -0.2) is 43.3 Å². The lowest BCUT2D eigenvalue weighted by atomic mass is 9.97. The molecule has 0 aromatic carbocycles. The zero-order valence-corrected chi connectivity index (χ0v) is 12.1. The quantitative estimate of drug-likeness (QED) is 0.743. The molecule has 0 radical (unpaired) electrons. The molecule has 0 aliphatic carbocycles. The van der Waals surface area contributed by atoms with Crippen LogP contribution in [0.4, 0.5) is 4.79 Å². The van der Waals surface area contributed by atoms with Crippen molar-refractivity contribution >= 4 is 6.09 Å². The summed E-state index contributed by atoms with van der Waals surface area (Å²) >= 11 is 0. The molecule has 1 N–H and O–H groups in total. The van der Waals surface area contributed by atoms with E-state index in [9.17, 15) is 4.79 Å². The van der Waals surface area contributed by atoms with Crippen LogP contribution in [0.2, 0.25) is 0 Å². The fourth-order valence-corrected chi connectivity index (χ4v) is 2.77. The van der Waals surface area contributed by atoms with E-state index in [4.69, 9.17) is 0 Å². The molecule has 1 rings (SSSR count). The lowest BCUT2D eigenvalue weighted by molar-refractivity contribution is 0.101. The van der Waals surface area contributed by atoms with Gasteiger partial charge in [0.05, 0.1) is 7.11 Å². The SMILES string of the molecule is COC(=O)NCCCCCN1[C@H](C)CCC[C@H]1C. The van der Waals surface area contributed by atoms with Crippen LogP contribution in [0.25, 0.3) is 0 Å². The number of nitrogens with one attached hydrogen (secondary N) is 1. The molecular weight excluding hydrogens is 228 g/mol. The molecule has 1 heterocycles. The summed E-state index contributed by atoms with van der Waals surface area (Å²) in [5.41, 5.74) is 0. The van der Waals surface area contributed by atoms with Gasteiger partial charge < -0.3 is 10.1 Å². The number of nitrogens with zero attached hydrogens (tertiary/aromatic N) is 1. The Hall–Kier alpha value is -0.770. The van der Waals surface area contributed by atoms with Gasteiger partial charge in [0, 0.05) is 18.6 Å². The number of hydrogen-bond donors (Lipinski definition) is 1. The normalized spacial score (nSPS) is 24.8. The van der Waals surface area contributed by atoms with Gasteiger partial charge in [0.1, 0.15) is 0 Å². The Labute approximate surface area is 111 Å². The average molecular weight is 256 g/mol. The van der Waals surface area contributed by atoms with Crippen LogP contribution in [0.15, 0.2) is 0 Å². The maximum absolute atomic E-state index is 10.8. The molecule has 1 aliphatic heterocycles. The molecule has 1 aliphatic rings. The summed E-state index contributed by atoms with van der Waals surface area (Å²) < 4.78 is 4.52. The van der Waals surface area contributed by atoms with Crippen LogP contribution in [0.3, 0.4) is 0 Å². The second-order valence-electron chi connectivity index (χ2n) is 5.35. The summed E-state index contributed by atoms with van der Waals surface area (Å²) in [5, 5.41) is 2.71. The van der Waals surface area contributed by atoms with Gasteiger partial charge in [0.25, 0.3) is 0 Å². The molecule has 0 spiro atoms. The number of piperidine rings is 1. The fourth-order valence-electron chi connectivity index (χ4n) is 2.77. The van der Waals surface area contributed by atoms with Crippen molar-refractivity contribution in [3.8, 4) is 0 Å². The number of amides is 1. The minimum absolute atomic E-state index is 0.326. The van der Waals surface area contributed by atoms with Crippen molar-refractivity contribution in [2.24, 2.45) is 0 Å². The molecule has 4 nitrogen and oxygen atoms in total. The first-order valence-electron chi connectivity index (χ1n) is 7.22. The molecule has 0 aromatic rings. The number of methoxy groups -OCH3 is 1. The Morgan fingerprint density at radius 1 is 1.22 bits per heavy atom. The summed E-state index contributed by atoms with van der Waals surface area (Å²) in [5.74, 6) is 0. The predicted molar refractivity (Wildman–Crippen MR) is 73.7 cm³/mol. The number of unbranched alkanes of at least 4 members (excludes halogenated alkanes) is 2. The number of carbonyl (C=O) groups is 1. The largest absolute Gasteiger partial charge is 0.453 e. The predicted octanol–water partition coefficient (Wildman–Crippen LogP) is 2.78. The third-order valence-electron chi connectivity index (χ3n) is 3.92. The molecule has 1 fully saturated rings. The van der Waals surface area contributed by atoms with E-state index < -0.39 is 0 Å². The van der Waals surface area contributed by atoms with Crippen molar-refractivity contribution in [2.75, 3.05) is 20.2 Å². The third-order valence-corrected chi connectivity index (χ3v) is 3.92. The standard InChI is InChI=1S/C14H28N2O2/c1-12-8-7-9-13(2)16(12)11-6-4-5-10-15-14(17)18-3/h12-13H,4-11H2,1-3H3,(H,15,17)/t12-,13-/m1/s1. The molecule has 0 saturated carbocycles. The fraction of sp³-hybridized carbons (Fsp3) is 0.929. The van der Waals surface area contributed by atoms with E-state index in [1.54, 1.807) is 0 Å². The number of likely N-dealkylation sites (tertiary alicyclic amines) is 1. The molecule has 4 heteroatoms. The first kappa shape index (κ1) is 15.3. The van der Waals surface area contributed by atoms with Crippen molar-refractivity contribution in [3.05, 3.63) is 0 Å². The van der Waals surface area contributed by atoms with Crippen molar-refractivity contribution < 1.29 is 9.53 Å². The first-order valence-corrected chi connectivity index (χ1v) is 7.22. The molecule has 0 aromatic heterocycles. The zero-order chi connectivity index (χ0) is 13.4. The van der Waals surface area contributed by atoms with Gasteiger partial charge in [0.2, 0.25) is 0 Å². The molecule has 18 heavy (non-hydrogen) atoms. The second kappa shape index (κ2) is 8.35. The lowest BCUT2D eigenvalue weighted by Crippen LogP contribution is -2.44. The number of alkyl carbamates (subject to hydrolysis) is 1. The second-order valence-corrected chi connectivity index (χ2v) is 5.35. The Balaban J connectivity index is 2.04. The van der Waals surface area contributed by atoms with E-state index >= 15 is 0 Å². The van der Waals surface area contributed by atoms with Gasteiger partial charge in [-0.15, -0.1) is 0 Å². The molecule has 0 bridgehead atoms. The van der Waals surface area contributed by atoms with Crippen LogP contribution in [-0.2, 0) is 4.74 Å². The first-order chi connectivity index (χ1) is 8.65. The molecule has 1 amide bonds. The topological polar surface area (TPSA) is 41.6 Å². The highest BCUT2D eigenvalue weighted by Crippen LogP contribution is 2.22. The van der Waals surface area contributed by atoms with Crippen LogP contribution in [0.1, 0.15) is 52.4 Å². The van der Waals surface area contributed by atoms with Crippen molar-refractivity contribution in [1.29, 1.82) is 0 Å². The van der Waals surface area contributed by atoms with Gasteiger partial charge in [-0.05, 0) is 46.1 Å². The van der Waals surface area contributed by atoms with Crippen LogP contribution in [0, 0.1) is 0 Å². The molecule has 0 unspecified atom stereocenters. The van der Waals surface area contributed by atoms with Gasteiger partial charge in [-0.25, -0.2) is 4.79 Å². The zero-order valence-electron chi connectivity index (χ0n) is 12.1. The highest BCUT2D eigenvalue weighted by molar-refractivity contribution is 5.66. The number of hydrogen-bond acceptors (Lipinski definition) is 3. The number of ether oxygens (including phenoxy) is 1. The van der Waals surface area contributed by atoms with Gasteiger partial charge in [-0.1, -0.05) is 12.8 Å². The summed E-state index contributed by atoms with van der Waals surface area (Å²) in [7, 11) is 1.40. The summed E-state index contributed by atoms with van der Waals surface area (Å²) in [6.45, 7) is 6.60. The Morgan fingerprint density at radius 2 is 1.89 bits per heavy atom. The number of rotatable bonds is 6. The Bertz CT molecular complexity index is 236. The van der Waals surface area contributed by atoms with E-state index in [0.29, 0.717) is 0 Å². The van der Waals surface area contributed by atoms with Crippen molar-refractivity contribution in [2.45, 2.75) is 64.5 Å². The minimum atomic E-state index is -0.326. The monoisotopic (exact) mass is 256 g/mol. The van der Waals surface area contributed by atoms with Crippen LogP contribution >= 0.6 is 0 Å². The minimum Gasteiger partial charge on any atom is -0.453 e. The Kier molecular flexibility index (Phi) is 7.09. The maximum Gasteiger partial charge on any atom is 0.406 e. The molecule has 1 saturated heterocycles. The van der Waals surface area contributed by atoms with E-state index in [-0.39, 0.29) is 6.09 Å².